The minimum absolute atomic E-state index is 0.180. The molecule has 5 heteroatoms. The molecule has 0 fully saturated rings. The predicted octanol–water partition coefficient (Wildman–Crippen LogP) is 2.68. The highest BCUT2D eigenvalue weighted by Gasteiger charge is 2.22. The molecule has 1 N–H and O–H groups in total. The number of nitrogens with zero attached hydrogens (tertiary/aromatic N) is 1. The summed E-state index contributed by atoms with van der Waals surface area (Å²) in [4.78, 5) is 24.4. The van der Waals surface area contributed by atoms with Gasteiger partial charge >= 0.3 is 5.97 Å². The monoisotopic (exact) mass is 281 g/mol. The molecule has 0 aliphatic rings. The van der Waals surface area contributed by atoms with Crippen LogP contribution >= 0.6 is 0 Å². The van der Waals surface area contributed by atoms with Crippen LogP contribution in [0.15, 0.2) is 24.3 Å². The summed E-state index contributed by atoms with van der Waals surface area (Å²) < 4.78 is 12.8. The molecule has 0 aromatic heterocycles. The number of rotatable bonds is 7. The van der Waals surface area contributed by atoms with Crippen LogP contribution in [0.1, 0.15) is 32.3 Å². The molecular weight excluding hydrogens is 261 g/mol. The molecule has 4 nitrogen and oxygen atoms in total. The van der Waals surface area contributed by atoms with E-state index in [9.17, 15) is 14.0 Å². The lowest BCUT2D eigenvalue weighted by Crippen LogP contribution is -2.38. The standard InChI is InChI=1S/C15H20FNO3/c1-3-4-11(2)15(20)17(10-14(18)19)9-12-5-7-13(16)8-6-12/h5-8,11H,3-4,9-10H2,1-2H3,(H,18,19). The maximum absolute atomic E-state index is 12.8. The molecular formula is C15H20FNO3. The Labute approximate surface area is 118 Å². The molecule has 0 heterocycles. The van der Waals surface area contributed by atoms with Crippen molar-refractivity contribution in [2.45, 2.75) is 33.2 Å². The van der Waals surface area contributed by atoms with Crippen LogP contribution in [0.2, 0.25) is 0 Å². The van der Waals surface area contributed by atoms with E-state index in [1.807, 2.05) is 6.92 Å². The second-order valence-corrected chi connectivity index (χ2v) is 4.90. The summed E-state index contributed by atoms with van der Waals surface area (Å²) in [5.74, 6) is -1.80. The maximum Gasteiger partial charge on any atom is 0.323 e. The zero-order chi connectivity index (χ0) is 15.1. The summed E-state index contributed by atoms with van der Waals surface area (Å²) >= 11 is 0. The highest BCUT2D eigenvalue weighted by atomic mass is 19.1. The van der Waals surface area contributed by atoms with Gasteiger partial charge in [-0.25, -0.2) is 4.39 Å². The number of hydrogen-bond donors (Lipinski definition) is 1. The topological polar surface area (TPSA) is 57.6 Å². The largest absolute Gasteiger partial charge is 0.480 e. The molecule has 1 amide bonds. The number of carbonyl (C=O) groups is 2. The van der Waals surface area contributed by atoms with E-state index < -0.39 is 5.97 Å². The Bertz CT molecular complexity index is 459. The number of benzene rings is 1. The van der Waals surface area contributed by atoms with Gasteiger partial charge in [0.25, 0.3) is 0 Å². The highest BCUT2D eigenvalue weighted by Crippen LogP contribution is 2.13. The fourth-order valence-electron chi connectivity index (χ4n) is 2.05. The molecule has 1 aromatic rings. The first-order valence-corrected chi connectivity index (χ1v) is 6.69. The van der Waals surface area contributed by atoms with E-state index in [2.05, 4.69) is 0 Å². The summed E-state index contributed by atoms with van der Waals surface area (Å²) in [6.45, 7) is 3.61. The predicted molar refractivity (Wildman–Crippen MR) is 73.5 cm³/mol. The van der Waals surface area contributed by atoms with E-state index in [0.717, 1.165) is 12.8 Å². The third kappa shape index (κ3) is 4.99. The lowest BCUT2D eigenvalue weighted by Gasteiger charge is -2.24. The summed E-state index contributed by atoms with van der Waals surface area (Å²) in [7, 11) is 0. The number of carboxylic acids is 1. The molecule has 0 radical (unpaired) electrons. The second kappa shape index (κ2) is 7.62. The van der Waals surface area contributed by atoms with Crippen LogP contribution in [0, 0.1) is 11.7 Å². The van der Waals surface area contributed by atoms with Gasteiger partial charge in [-0.05, 0) is 24.1 Å². The van der Waals surface area contributed by atoms with Crippen molar-refractivity contribution < 1.29 is 19.1 Å². The Morgan fingerprint density at radius 3 is 2.40 bits per heavy atom. The van der Waals surface area contributed by atoms with E-state index in [4.69, 9.17) is 5.11 Å². The minimum atomic E-state index is -1.05. The average Bonchev–Trinajstić information content (AvgIpc) is 2.39. The Morgan fingerprint density at radius 2 is 1.90 bits per heavy atom. The molecule has 0 aliphatic carbocycles. The molecule has 0 bridgehead atoms. The van der Waals surface area contributed by atoms with Gasteiger partial charge in [0.05, 0.1) is 0 Å². The van der Waals surface area contributed by atoms with Crippen LogP contribution in [0.3, 0.4) is 0 Å². The number of halogens is 1. The molecule has 0 aliphatic heterocycles. The Hall–Kier alpha value is -1.91. The van der Waals surface area contributed by atoms with E-state index >= 15 is 0 Å². The van der Waals surface area contributed by atoms with E-state index in [-0.39, 0.29) is 30.7 Å². The van der Waals surface area contributed by atoms with Crippen molar-refractivity contribution in [2.24, 2.45) is 5.92 Å². The molecule has 1 aromatic carbocycles. The van der Waals surface area contributed by atoms with Crippen LogP contribution in [-0.4, -0.2) is 28.4 Å². The molecule has 1 atom stereocenters. The average molecular weight is 281 g/mol. The lowest BCUT2D eigenvalue weighted by atomic mass is 10.0. The Morgan fingerprint density at radius 1 is 1.30 bits per heavy atom. The molecule has 0 saturated carbocycles. The van der Waals surface area contributed by atoms with Gasteiger partial charge in [-0.2, -0.15) is 0 Å². The van der Waals surface area contributed by atoms with E-state index in [1.165, 1.54) is 17.0 Å². The van der Waals surface area contributed by atoms with Gasteiger partial charge < -0.3 is 10.0 Å². The van der Waals surface area contributed by atoms with Crippen molar-refractivity contribution in [3.63, 3.8) is 0 Å². The molecule has 110 valence electrons. The highest BCUT2D eigenvalue weighted by molar-refractivity contribution is 5.82. The van der Waals surface area contributed by atoms with Crippen molar-refractivity contribution in [1.29, 1.82) is 0 Å². The minimum Gasteiger partial charge on any atom is -0.480 e. The molecule has 1 rings (SSSR count). The SMILES string of the molecule is CCCC(C)C(=O)N(CC(=O)O)Cc1ccc(F)cc1. The van der Waals surface area contributed by atoms with Gasteiger partial charge in [0.2, 0.25) is 5.91 Å². The van der Waals surface area contributed by atoms with Gasteiger partial charge in [-0.1, -0.05) is 32.4 Å². The fourth-order valence-corrected chi connectivity index (χ4v) is 2.05. The molecule has 0 saturated heterocycles. The molecule has 1 unspecified atom stereocenters. The smallest absolute Gasteiger partial charge is 0.323 e. The first-order chi connectivity index (χ1) is 9.43. The Kier molecular flexibility index (Phi) is 6.15. The normalized spacial score (nSPS) is 11.9. The third-order valence-electron chi connectivity index (χ3n) is 3.07. The van der Waals surface area contributed by atoms with Crippen LogP contribution in [0.25, 0.3) is 0 Å². The number of carboxylic acid groups (broad SMARTS) is 1. The van der Waals surface area contributed by atoms with Crippen LogP contribution in [0.4, 0.5) is 4.39 Å². The van der Waals surface area contributed by atoms with Gasteiger partial charge in [0.1, 0.15) is 12.4 Å². The van der Waals surface area contributed by atoms with Gasteiger partial charge in [0, 0.05) is 12.5 Å². The number of carbonyl (C=O) groups excluding carboxylic acids is 1. The summed E-state index contributed by atoms with van der Waals surface area (Å²) in [6, 6.07) is 5.71. The first-order valence-electron chi connectivity index (χ1n) is 6.69. The number of amides is 1. The van der Waals surface area contributed by atoms with E-state index in [0.29, 0.717) is 5.56 Å². The summed E-state index contributed by atoms with van der Waals surface area (Å²) in [6.07, 6.45) is 1.59. The number of hydrogen-bond acceptors (Lipinski definition) is 2. The van der Waals surface area contributed by atoms with Crippen molar-refractivity contribution in [3.8, 4) is 0 Å². The van der Waals surface area contributed by atoms with Crippen molar-refractivity contribution >= 4 is 11.9 Å². The molecule has 0 spiro atoms. The quantitative estimate of drug-likeness (QED) is 0.836. The second-order valence-electron chi connectivity index (χ2n) is 4.90. The van der Waals surface area contributed by atoms with Crippen molar-refractivity contribution in [1.82, 2.24) is 4.90 Å². The summed E-state index contributed by atoms with van der Waals surface area (Å²) in [5, 5.41) is 8.91. The third-order valence-corrected chi connectivity index (χ3v) is 3.07. The van der Waals surface area contributed by atoms with Crippen LogP contribution in [-0.2, 0) is 16.1 Å². The van der Waals surface area contributed by atoms with Crippen LogP contribution in [0.5, 0.6) is 0 Å². The van der Waals surface area contributed by atoms with E-state index in [1.54, 1.807) is 19.1 Å². The zero-order valence-corrected chi connectivity index (χ0v) is 11.8. The maximum atomic E-state index is 12.8. The number of aliphatic carboxylic acids is 1. The fraction of sp³-hybridized carbons (Fsp3) is 0.467. The first kappa shape index (κ1) is 16.1. The Balaban J connectivity index is 2.80. The van der Waals surface area contributed by atoms with Gasteiger partial charge in [-0.15, -0.1) is 0 Å². The molecule has 20 heavy (non-hydrogen) atoms. The van der Waals surface area contributed by atoms with Crippen LogP contribution < -0.4 is 0 Å². The van der Waals surface area contributed by atoms with Gasteiger partial charge in [0.15, 0.2) is 0 Å². The lowest BCUT2D eigenvalue weighted by molar-refractivity contribution is -0.146. The zero-order valence-electron chi connectivity index (χ0n) is 11.8. The summed E-state index contributed by atoms with van der Waals surface area (Å²) in [5.41, 5.74) is 0.713. The van der Waals surface area contributed by atoms with Crippen molar-refractivity contribution in [3.05, 3.63) is 35.6 Å². The van der Waals surface area contributed by atoms with Gasteiger partial charge in [-0.3, -0.25) is 9.59 Å². The van der Waals surface area contributed by atoms with Crippen molar-refractivity contribution in [2.75, 3.05) is 6.54 Å².